The Morgan fingerprint density at radius 3 is 2.59 bits per heavy atom. The average Bonchev–Trinajstić information content (AvgIpc) is 2.62. The molecule has 0 saturated carbocycles. The first-order valence-electron chi connectivity index (χ1n) is 4.95. The minimum absolute atomic E-state index is 0.223. The van der Waals surface area contributed by atoms with Crippen molar-refractivity contribution >= 4 is 40.0 Å². The molecule has 0 radical (unpaired) electrons. The second-order valence-corrected chi connectivity index (χ2v) is 4.82. The van der Waals surface area contributed by atoms with Gasteiger partial charge < -0.3 is 11.1 Å². The van der Waals surface area contributed by atoms with Gasteiger partial charge in [-0.15, -0.1) is 0 Å². The first kappa shape index (κ1) is 11.9. The summed E-state index contributed by atoms with van der Waals surface area (Å²) < 4.78 is 1.08. The molecule has 0 spiro atoms. The maximum Gasteiger partial charge on any atom is 0.256 e. The molecule has 2 aromatic rings. The highest BCUT2D eigenvalue weighted by molar-refractivity contribution is 14.1. The van der Waals surface area contributed by atoms with Crippen LogP contribution in [0.1, 0.15) is 16.1 Å². The van der Waals surface area contributed by atoms with Crippen LogP contribution in [0.2, 0.25) is 0 Å². The van der Waals surface area contributed by atoms with E-state index < -0.39 is 0 Å². The number of hydrogen-bond donors (Lipinski definition) is 3. The molecule has 0 atom stereocenters. The Balaban J connectivity index is 2.17. The van der Waals surface area contributed by atoms with Crippen molar-refractivity contribution in [2.75, 3.05) is 11.1 Å². The number of nitrogens with one attached hydrogen (secondary N) is 2. The SMILES string of the molecule is Cc1[nH]nc(NC(=O)c2ccc(I)cc2)c1N. The molecular formula is C11H11IN4O. The van der Waals surface area contributed by atoms with Gasteiger partial charge in [0.05, 0.1) is 11.4 Å². The van der Waals surface area contributed by atoms with Gasteiger partial charge in [-0.3, -0.25) is 9.89 Å². The number of carbonyl (C=O) groups is 1. The van der Waals surface area contributed by atoms with Crippen molar-refractivity contribution in [3.8, 4) is 0 Å². The van der Waals surface area contributed by atoms with Gasteiger partial charge in [-0.25, -0.2) is 0 Å². The molecule has 88 valence electrons. The van der Waals surface area contributed by atoms with Crippen molar-refractivity contribution in [3.63, 3.8) is 0 Å². The molecule has 6 heteroatoms. The summed E-state index contributed by atoms with van der Waals surface area (Å²) in [4.78, 5) is 11.9. The first-order valence-corrected chi connectivity index (χ1v) is 6.03. The fraction of sp³-hybridized carbons (Fsp3) is 0.0909. The number of aryl methyl sites for hydroxylation is 1. The Kier molecular flexibility index (Phi) is 3.32. The smallest absolute Gasteiger partial charge is 0.256 e. The number of carbonyl (C=O) groups excluding carboxylic acids is 1. The van der Waals surface area contributed by atoms with E-state index in [9.17, 15) is 4.79 Å². The van der Waals surface area contributed by atoms with Gasteiger partial charge in [-0.1, -0.05) is 0 Å². The van der Waals surface area contributed by atoms with E-state index in [0.717, 1.165) is 9.26 Å². The van der Waals surface area contributed by atoms with Gasteiger partial charge in [0.25, 0.3) is 5.91 Å². The molecule has 0 unspecified atom stereocenters. The molecule has 0 fully saturated rings. The number of nitrogen functional groups attached to an aromatic ring is 1. The van der Waals surface area contributed by atoms with Crippen molar-refractivity contribution in [1.82, 2.24) is 10.2 Å². The number of anilines is 2. The van der Waals surface area contributed by atoms with E-state index in [-0.39, 0.29) is 5.91 Å². The zero-order chi connectivity index (χ0) is 12.4. The highest BCUT2D eigenvalue weighted by atomic mass is 127. The summed E-state index contributed by atoms with van der Waals surface area (Å²) in [5.74, 6) is 0.144. The molecule has 4 N–H and O–H groups in total. The lowest BCUT2D eigenvalue weighted by Gasteiger charge is -2.03. The van der Waals surface area contributed by atoms with Crippen LogP contribution < -0.4 is 11.1 Å². The quantitative estimate of drug-likeness (QED) is 0.732. The van der Waals surface area contributed by atoms with Gasteiger partial charge in [-0.2, -0.15) is 5.10 Å². The normalized spacial score (nSPS) is 10.2. The lowest BCUT2D eigenvalue weighted by atomic mass is 10.2. The summed E-state index contributed by atoms with van der Waals surface area (Å²) in [6.45, 7) is 1.79. The Morgan fingerprint density at radius 2 is 2.06 bits per heavy atom. The van der Waals surface area contributed by atoms with Crippen LogP contribution in [0.25, 0.3) is 0 Å². The molecular weight excluding hydrogens is 331 g/mol. The number of benzene rings is 1. The molecule has 1 amide bonds. The topological polar surface area (TPSA) is 83.8 Å². The molecule has 0 aliphatic heterocycles. The van der Waals surface area contributed by atoms with E-state index in [1.165, 1.54) is 0 Å². The minimum Gasteiger partial charge on any atom is -0.394 e. The largest absolute Gasteiger partial charge is 0.394 e. The Morgan fingerprint density at radius 1 is 1.41 bits per heavy atom. The standard InChI is InChI=1S/C11H11IN4O/c1-6-9(13)10(16-15-6)14-11(17)7-2-4-8(12)5-3-7/h2-5H,13H2,1H3,(H2,14,15,16,17). The first-order chi connectivity index (χ1) is 8.08. The number of amides is 1. The fourth-order valence-electron chi connectivity index (χ4n) is 1.31. The van der Waals surface area contributed by atoms with E-state index in [1.807, 2.05) is 12.1 Å². The number of aromatic amines is 1. The third kappa shape index (κ3) is 2.57. The van der Waals surface area contributed by atoms with Gasteiger partial charge in [0, 0.05) is 9.13 Å². The van der Waals surface area contributed by atoms with Crippen LogP contribution in [0.5, 0.6) is 0 Å². The molecule has 1 heterocycles. The second-order valence-electron chi connectivity index (χ2n) is 3.57. The van der Waals surface area contributed by atoms with Gasteiger partial charge in [0.2, 0.25) is 0 Å². The molecule has 1 aromatic heterocycles. The minimum atomic E-state index is -0.223. The Labute approximate surface area is 112 Å². The lowest BCUT2D eigenvalue weighted by Crippen LogP contribution is -2.13. The lowest BCUT2D eigenvalue weighted by molar-refractivity contribution is 0.102. The van der Waals surface area contributed by atoms with Crippen molar-refractivity contribution in [3.05, 3.63) is 39.1 Å². The molecule has 1 aromatic carbocycles. The third-order valence-electron chi connectivity index (χ3n) is 2.33. The molecule has 0 aliphatic carbocycles. The number of nitrogens with two attached hydrogens (primary N) is 1. The highest BCUT2D eigenvalue weighted by Gasteiger charge is 2.11. The maximum atomic E-state index is 11.9. The van der Waals surface area contributed by atoms with Gasteiger partial charge in [-0.05, 0) is 53.8 Å². The summed E-state index contributed by atoms with van der Waals surface area (Å²) >= 11 is 2.18. The van der Waals surface area contributed by atoms with Crippen LogP contribution in [0.3, 0.4) is 0 Å². The molecule has 0 saturated heterocycles. The molecule has 5 nitrogen and oxygen atoms in total. The number of rotatable bonds is 2. The van der Waals surface area contributed by atoms with Crippen LogP contribution >= 0.6 is 22.6 Å². The highest BCUT2D eigenvalue weighted by Crippen LogP contribution is 2.18. The van der Waals surface area contributed by atoms with Crippen LogP contribution in [-0.4, -0.2) is 16.1 Å². The van der Waals surface area contributed by atoms with E-state index in [1.54, 1.807) is 19.1 Å². The van der Waals surface area contributed by atoms with Crippen molar-refractivity contribution in [2.24, 2.45) is 0 Å². The molecule has 0 bridgehead atoms. The summed E-state index contributed by atoms with van der Waals surface area (Å²) in [7, 11) is 0. The van der Waals surface area contributed by atoms with Gasteiger partial charge >= 0.3 is 0 Å². The van der Waals surface area contributed by atoms with E-state index in [0.29, 0.717) is 17.1 Å². The number of aromatic nitrogens is 2. The maximum absolute atomic E-state index is 11.9. The van der Waals surface area contributed by atoms with E-state index in [4.69, 9.17) is 5.73 Å². The zero-order valence-electron chi connectivity index (χ0n) is 9.12. The predicted octanol–water partition coefficient (Wildman–Crippen LogP) is 2.16. The van der Waals surface area contributed by atoms with Crippen LogP contribution in [0.4, 0.5) is 11.5 Å². The Hall–Kier alpha value is -1.57. The Bertz CT molecular complexity index is 547. The van der Waals surface area contributed by atoms with E-state index in [2.05, 4.69) is 38.1 Å². The summed E-state index contributed by atoms with van der Waals surface area (Å²) in [5, 5.41) is 9.28. The van der Waals surface area contributed by atoms with Crippen molar-refractivity contribution < 1.29 is 4.79 Å². The van der Waals surface area contributed by atoms with Crippen LogP contribution in [-0.2, 0) is 0 Å². The number of hydrogen-bond acceptors (Lipinski definition) is 3. The molecule has 0 aliphatic rings. The second kappa shape index (κ2) is 4.74. The molecule has 17 heavy (non-hydrogen) atoms. The summed E-state index contributed by atoms with van der Waals surface area (Å²) in [5.41, 5.74) is 7.52. The van der Waals surface area contributed by atoms with Crippen LogP contribution in [0.15, 0.2) is 24.3 Å². The third-order valence-corrected chi connectivity index (χ3v) is 3.05. The zero-order valence-corrected chi connectivity index (χ0v) is 11.3. The number of nitrogens with zero attached hydrogens (tertiary/aromatic N) is 1. The summed E-state index contributed by atoms with van der Waals surface area (Å²) in [6.07, 6.45) is 0. The number of halogens is 1. The predicted molar refractivity (Wildman–Crippen MR) is 74.8 cm³/mol. The van der Waals surface area contributed by atoms with Crippen molar-refractivity contribution in [1.29, 1.82) is 0 Å². The fourth-order valence-corrected chi connectivity index (χ4v) is 1.67. The molecule has 2 rings (SSSR count). The average molecular weight is 342 g/mol. The van der Waals surface area contributed by atoms with Gasteiger partial charge in [0.15, 0.2) is 5.82 Å². The van der Waals surface area contributed by atoms with E-state index >= 15 is 0 Å². The van der Waals surface area contributed by atoms with Gasteiger partial charge in [0.1, 0.15) is 0 Å². The number of H-pyrrole nitrogens is 1. The van der Waals surface area contributed by atoms with Crippen LogP contribution in [0, 0.1) is 10.5 Å². The van der Waals surface area contributed by atoms with Crippen molar-refractivity contribution in [2.45, 2.75) is 6.92 Å². The summed E-state index contributed by atoms with van der Waals surface area (Å²) in [6, 6.07) is 7.25. The monoisotopic (exact) mass is 342 g/mol.